The number of amides is 1. The first-order valence-electron chi connectivity index (χ1n) is 4.91. The summed E-state index contributed by atoms with van der Waals surface area (Å²) in [5.74, 6) is -0.786. The predicted octanol–water partition coefficient (Wildman–Crippen LogP) is -0.170. The van der Waals surface area contributed by atoms with Gasteiger partial charge < -0.3 is 9.64 Å². The van der Waals surface area contributed by atoms with E-state index < -0.39 is 5.97 Å². The molecule has 0 aliphatic heterocycles. The average molecular weight is 226 g/mol. The molecule has 0 aliphatic rings. The molecule has 0 radical (unpaired) electrons. The van der Waals surface area contributed by atoms with Crippen LogP contribution in [0, 0.1) is 0 Å². The Kier molecular flexibility index (Phi) is 4.43. The van der Waals surface area contributed by atoms with Crippen LogP contribution >= 0.6 is 0 Å². The SMILES string of the molecule is CCCN(CC(=O)OC)C(=O)c1cn[nH]n1. The number of hydrogen-bond donors (Lipinski definition) is 1. The van der Waals surface area contributed by atoms with Crippen LogP contribution in [0.5, 0.6) is 0 Å². The average Bonchev–Trinajstić information content (AvgIpc) is 2.80. The third-order valence-electron chi connectivity index (χ3n) is 1.96. The molecule has 0 spiro atoms. The van der Waals surface area contributed by atoms with Crippen molar-refractivity contribution in [2.75, 3.05) is 20.2 Å². The summed E-state index contributed by atoms with van der Waals surface area (Å²) >= 11 is 0. The molecule has 1 aromatic rings. The molecule has 0 bridgehead atoms. The van der Waals surface area contributed by atoms with Gasteiger partial charge in [0.15, 0.2) is 5.69 Å². The van der Waals surface area contributed by atoms with E-state index in [2.05, 4.69) is 20.1 Å². The van der Waals surface area contributed by atoms with Crippen LogP contribution in [0.4, 0.5) is 0 Å². The molecule has 1 heterocycles. The van der Waals surface area contributed by atoms with Crippen LogP contribution in [0.15, 0.2) is 6.20 Å². The summed E-state index contributed by atoms with van der Waals surface area (Å²) in [4.78, 5) is 24.3. The quantitative estimate of drug-likeness (QED) is 0.704. The Labute approximate surface area is 92.8 Å². The minimum Gasteiger partial charge on any atom is -0.468 e. The van der Waals surface area contributed by atoms with Gasteiger partial charge in [-0.15, -0.1) is 0 Å². The van der Waals surface area contributed by atoms with E-state index in [1.165, 1.54) is 18.2 Å². The topological polar surface area (TPSA) is 88.2 Å². The molecule has 0 aromatic carbocycles. The van der Waals surface area contributed by atoms with Crippen molar-refractivity contribution in [1.29, 1.82) is 0 Å². The van der Waals surface area contributed by atoms with Crippen LogP contribution in [-0.4, -0.2) is 52.4 Å². The number of aromatic amines is 1. The van der Waals surface area contributed by atoms with Crippen molar-refractivity contribution in [2.24, 2.45) is 0 Å². The fraction of sp³-hybridized carbons (Fsp3) is 0.556. The summed E-state index contributed by atoms with van der Waals surface area (Å²) in [5, 5.41) is 9.57. The second-order valence-electron chi connectivity index (χ2n) is 3.16. The smallest absolute Gasteiger partial charge is 0.325 e. The van der Waals surface area contributed by atoms with Gasteiger partial charge in [-0.05, 0) is 6.42 Å². The van der Waals surface area contributed by atoms with Gasteiger partial charge in [0.05, 0.1) is 13.3 Å². The van der Waals surface area contributed by atoms with Crippen LogP contribution in [0.25, 0.3) is 0 Å². The van der Waals surface area contributed by atoms with E-state index in [0.29, 0.717) is 6.54 Å². The van der Waals surface area contributed by atoms with Crippen molar-refractivity contribution >= 4 is 11.9 Å². The van der Waals surface area contributed by atoms with Gasteiger partial charge >= 0.3 is 5.97 Å². The number of methoxy groups -OCH3 is 1. The lowest BCUT2D eigenvalue weighted by Gasteiger charge is -2.19. The molecule has 0 fully saturated rings. The van der Waals surface area contributed by atoms with Crippen molar-refractivity contribution < 1.29 is 14.3 Å². The minimum atomic E-state index is -0.453. The summed E-state index contributed by atoms with van der Waals surface area (Å²) < 4.78 is 4.52. The fourth-order valence-corrected chi connectivity index (χ4v) is 1.21. The molecule has 16 heavy (non-hydrogen) atoms. The van der Waals surface area contributed by atoms with E-state index in [1.54, 1.807) is 0 Å². The van der Waals surface area contributed by atoms with Gasteiger partial charge in [-0.3, -0.25) is 9.59 Å². The fourth-order valence-electron chi connectivity index (χ4n) is 1.21. The van der Waals surface area contributed by atoms with E-state index >= 15 is 0 Å². The zero-order chi connectivity index (χ0) is 12.0. The van der Waals surface area contributed by atoms with Crippen LogP contribution in [-0.2, 0) is 9.53 Å². The highest BCUT2D eigenvalue weighted by atomic mass is 16.5. The summed E-state index contributed by atoms with van der Waals surface area (Å²) in [6.07, 6.45) is 2.07. The number of nitrogens with one attached hydrogen (secondary N) is 1. The van der Waals surface area contributed by atoms with Crippen LogP contribution in [0.2, 0.25) is 0 Å². The van der Waals surface area contributed by atoms with Gasteiger partial charge in [-0.1, -0.05) is 6.92 Å². The first-order valence-corrected chi connectivity index (χ1v) is 4.91. The van der Waals surface area contributed by atoms with Crippen LogP contribution < -0.4 is 0 Å². The Balaban J connectivity index is 2.69. The van der Waals surface area contributed by atoms with Crippen molar-refractivity contribution in [3.8, 4) is 0 Å². The highest BCUT2D eigenvalue weighted by Gasteiger charge is 2.20. The molecular formula is C9H14N4O3. The van der Waals surface area contributed by atoms with Crippen molar-refractivity contribution in [1.82, 2.24) is 20.3 Å². The third kappa shape index (κ3) is 3.04. The summed E-state index contributed by atoms with van der Waals surface area (Å²) in [5.41, 5.74) is 0.192. The number of esters is 1. The van der Waals surface area contributed by atoms with Gasteiger partial charge in [-0.25, -0.2) is 0 Å². The number of hydrogen-bond acceptors (Lipinski definition) is 5. The van der Waals surface area contributed by atoms with E-state index in [9.17, 15) is 9.59 Å². The van der Waals surface area contributed by atoms with Crippen molar-refractivity contribution in [3.05, 3.63) is 11.9 Å². The van der Waals surface area contributed by atoms with Crippen molar-refractivity contribution in [3.63, 3.8) is 0 Å². The van der Waals surface area contributed by atoms with Gasteiger partial charge in [0.1, 0.15) is 6.54 Å². The van der Waals surface area contributed by atoms with Gasteiger partial charge in [0.25, 0.3) is 5.91 Å². The molecular weight excluding hydrogens is 212 g/mol. The second-order valence-corrected chi connectivity index (χ2v) is 3.16. The molecule has 7 heteroatoms. The summed E-state index contributed by atoms with van der Waals surface area (Å²) in [7, 11) is 1.28. The molecule has 0 saturated carbocycles. The van der Waals surface area contributed by atoms with Crippen LogP contribution in [0.3, 0.4) is 0 Å². The number of ether oxygens (including phenoxy) is 1. The zero-order valence-electron chi connectivity index (χ0n) is 9.27. The Morgan fingerprint density at radius 3 is 2.81 bits per heavy atom. The molecule has 0 saturated heterocycles. The molecule has 0 atom stereocenters. The zero-order valence-corrected chi connectivity index (χ0v) is 9.27. The highest BCUT2D eigenvalue weighted by Crippen LogP contribution is 2.01. The Morgan fingerprint density at radius 2 is 2.31 bits per heavy atom. The monoisotopic (exact) mass is 226 g/mol. The van der Waals surface area contributed by atoms with Crippen molar-refractivity contribution in [2.45, 2.75) is 13.3 Å². The molecule has 0 unspecified atom stereocenters. The second kappa shape index (κ2) is 5.84. The number of aromatic nitrogens is 3. The number of carbonyl (C=O) groups is 2. The molecule has 1 aromatic heterocycles. The number of rotatable bonds is 5. The van der Waals surface area contributed by atoms with Gasteiger partial charge in [-0.2, -0.15) is 15.4 Å². The number of carbonyl (C=O) groups excluding carboxylic acids is 2. The van der Waals surface area contributed by atoms with E-state index in [4.69, 9.17) is 0 Å². The first kappa shape index (κ1) is 12.2. The predicted molar refractivity (Wildman–Crippen MR) is 54.6 cm³/mol. The van der Waals surface area contributed by atoms with Gasteiger partial charge in [0.2, 0.25) is 0 Å². The maximum atomic E-state index is 11.8. The van der Waals surface area contributed by atoms with Crippen LogP contribution in [0.1, 0.15) is 23.8 Å². The third-order valence-corrected chi connectivity index (χ3v) is 1.96. The Morgan fingerprint density at radius 1 is 1.56 bits per heavy atom. The molecule has 1 rings (SSSR count). The lowest BCUT2D eigenvalue weighted by molar-refractivity contribution is -0.141. The van der Waals surface area contributed by atoms with E-state index in [-0.39, 0.29) is 18.1 Å². The highest BCUT2D eigenvalue weighted by molar-refractivity contribution is 5.93. The molecule has 7 nitrogen and oxygen atoms in total. The molecule has 1 N–H and O–H groups in total. The number of H-pyrrole nitrogens is 1. The minimum absolute atomic E-state index is 0.0734. The van der Waals surface area contributed by atoms with E-state index in [1.807, 2.05) is 6.92 Å². The molecule has 1 amide bonds. The lowest BCUT2D eigenvalue weighted by atomic mass is 10.3. The normalized spacial score (nSPS) is 9.88. The molecule has 0 aliphatic carbocycles. The largest absolute Gasteiger partial charge is 0.468 e. The summed E-state index contributed by atoms with van der Waals surface area (Å²) in [6, 6.07) is 0. The lowest BCUT2D eigenvalue weighted by Crippen LogP contribution is -2.37. The standard InChI is InChI=1S/C9H14N4O3/c1-3-4-13(6-8(14)16-2)9(15)7-5-10-12-11-7/h5H,3-4,6H2,1-2H3,(H,10,11,12). The Bertz CT molecular complexity index is 350. The molecule has 88 valence electrons. The number of nitrogens with zero attached hydrogens (tertiary/aromatic N) is 3. The Hall–Kier alpha value is -1.92. The van der Waals surface area contributed by atoms with Gasteiger partial charge in [0, 0.05) is 6.54 Å². The first-order chi connectivity index (χ1) is 7.69. The maximum absolute atomic E-state index is 11.8. The van der Waals surface area contributed by atoms with E-state index in [0.717, 1.165) is 6.42 Å². The maximum Gasteiger partial charge on any atom is 0.325 e. The summed E-state index contributed by atoms with van der Waals surface area (Å²) in [6.45, 7) is 2.32.